The number of carbonyl (C=O) groups excluding carboxylic acids is 1. The molecule has 0 radical (unpaired) electrons. The molecule has 3 nitrogen and oxygen atoms in total. The fraction of sp³-hybridized carbons (Fsp3) is 0.750. The first kappa shape index (κ1) is 7.78. The molecule has 0 heterocycles. The summed E-state index contributed by atoms with van der Waals surface area (Å²) in [5.74, 6) is -0.0833. The minimum Gasteiger partial charge on any atom is -0.347 e. The molecule has 0 aromatic carbocycles. The Kier molecular flexibility index (Phi) is 3.64. The topological polar surface area (TPSA) is 29.5 Å². The van der Waals surface area contributed by atoms with E-state index in [2.05, 4.69) is 17.1 Å². The summed E-state index contributed by atoms with van der Waals surface area (Å²) in [6.45, 7) is 0.0378. The maximum absolute atomic E-state index is 10.5. The molecule has 0 atom stereocenters. The second-order valence-corrected chi connectivity index (χ2v) is 1.82. The molecule has 8 heavy (non-hydrogen) atoms. The Morgan fingerprint density at radius 1 is 1.75 bits per heavy atom. The number of hydrogen-bond acceptors (Lipinski definition) is 3. The third-order valence-corrected chi connectivity index (χ3v) is 0.816. The molecular formula is C4H9NO2S. The molecule has 0 unspecified atom stereocenters. The summed E-state index contributed by atoms with van der Waals surface area (Å²) < 4.78 is 4.27. The number of nitrogens with zero attached hydrogens (tertiary/aromatic N) is 1. The van der Waals surface area contributed by atoms with Crippen LogP contribution in [-0.2, 0) is 8.98 Å². The van der Waals surface area contributed by atoms with Crippen molar-refractivity contribution in [1.29, 1.82) is 0 Å². The monoisotopic (exact) mass is 135 g/mol. The van der Waals surface area contributed by atoms with Crippen molar-refractivity contribution in [2.45, 2.75) is 0 Å². The lowest BCUT2D eigenvalue weighted by molar-refractivity contribution is -0.130. The minimum absolute atomic E-state index is 0.0378. The zero-order valence-electron chi connectivity index (χ0n) is 4.92. The molecular weight excluding hydrogens is 126 g/mol. The van der Waals surface area contributed by atoms with Crippen LogP contribution in [-0.4, -0.2) is 31.5 Å². The first-order valence-corrected chi connectivity index (χ1v) is 2.51. The third kappa shape index (κ3) is 2.87. The van der Waals surface area contributed by atoms with Crippen LogP contribution in [0.1, 0.15) is 0 Å². The average Bonchev–Trinajstić information content (AvgIpc) is 1.67. The van der Waals surface area contributed by atoms with Crippen molar-refractivity contribution < 1.29 is 8.98 Å². The van der Waals surface area contributed by atoms with Gasteiger partial charge in [-0.2, -0.15) is 0 Å². The third-order valence-electron chi connectivity index (χ3n) is 0.687. The van der Waals surface area contributed by atoms with E-state index in [9.17, 15) is 4.79 Å². The summed E-state index contributed by atoms with van der Waals surface area (Å²) in [4.78, 5) is 11.9. The van der Waals surface area contributed by atoms with Gasteiger partial charge in [0.05, 0.1) is 0 Å². The van der Waals surface area contributed by atoms with Crippen LogP contribution in [0.3, 0.4) is 0 Å². The van der Waals surface area contributed by atoms with Gasteiger partial charge in [0.1, 0.15) is 6.61 Å². The van der Waals surface area contributed by atoms with Crippen LogP contribution in [0.15, 0.2) is 0 Å². The Balaban J connectivity index is 3.33. The normalized spacial score (nSPS) is 8.88. The number of thiol groups is 1. The Bertz CT molecular complexity index is 84.1. The largest absolute Gasteiger partial charge is 0.347 e. The van der Waals surface area contributed by atoms with E-state index in [4.69, 9.17) is 0 Å². The van der Waals surface area contributed by atoms with Gasteiger partial charge in [-0.05, 0) is 12.9 Å². The van der Waals surface area contributed by atoms with E-state index >= 15 is 0 Å². The Morgan fingerprint density at radius 3 is 2.38 bits per heavy atom. The van der Waals surface area contributed by atoms with E-state index in [0.717, 1.165) is 0 Å². The highest BCUT2D eigenvalue weighted by molar-refractivity contribution is 7.75. The summed E-state index contributed by atoms with van der Waals surface area (Å²) in [6, 6.07) is 0. The summed E-state index contributed by atoms with van der Waals surface area (Å²) in [6.07, 6.45) is 0. The van der Waals surface area contributed by atoms with Crippen molar-refractivity contribution in [3.8, 4) is 0 Å². The van der Waals surface area contributed by atoms with E-state index in [1.165, 1.54) is 4.90 Å². The predicted octanol–water partition coefficient (Wildman–Crippen LogP) is -0.0640. The quantitative estimate of drug-likeness (QED) is 0.424. The molecule has 0 aliphatic carbocycles. The Morgan fingerprint density at radius 2 is 2.25 bits per heavy atom. The van der Waals surface area contributed by atoms with Crippen molar-refractivity contribution >= 4 is 18.8 Å². The molecule has 0 saturated carbocycles. The number of rotatable bonds is 2. The van der Waals surface area contributed by atoms with Crippen LogP contribution in [0.25, 0.3) is 0 Å². The average molecular weight is 135 g/mol. The molecule has 0 spiro atoms. The molecule has 0 N–H and O–H groups in total. The van der Waals surface area contributed by atoms with Gasteiger partial charge < -0.3 is 9.08 Å². The first-order valence-electron chi connectivity index (χ1n) is 2.15. The second-order valence-electron chi connectivity index (χ2n) is 1.56. The van der Waals surface area contributed by atoms with Gasteiger partial charge in [-0.1, -0.05) is 0 Å². The highest BCUT2D eigenvalue weighted by atomic mass is 32.1. The minimum atomic E-state index is -0.0833. The van der Waals surface area contributed by atoms with Gasteiger partial charge in [0.25, 0.3) is 0 Å². The maximum Gasteiger partial charge on any atom is 0.249 e. The van der Waals surface area contributed by atoms with Gasteiger partial charge in [-0.15, -0.1) is 0 Å². The van der Waals surface area contributed by atoms with Crippen LogP contribution in [0.5, 0.6) is 0 Å². The SMILES string of the molecule is CN(C)C(=O)COS. The first-order chi connectivity index (χ1) is 3.68. The summed E-state index contributed by atoms with van der Waals surface area (Å²) in [7, 11) is 3.32. The van der Waals surface area contributed by atoms with E-state index in [0.29, 0.717) is 0 Å². The number of hydrogen-bond donors (Lipinski definition) is 1. The van der Waals surface area contributed by atoms with E-state index < -0.39 is 0 Å². The predicted molar refractivity (Wildman–Crippen MR) is 33.6 cm³/mol. The van der Waals surface area contributed by atoms with Crippen LogP contribution in [0, 0.1) is 0 Å². The molecule has 4 heteroatoms. The molecule has 0 aliphatic heterocycles. The molecule has 1 amide bonds. The molecule has 0 aromatic rings. The van der Waals surface area contributed by atoms with Crippen molar-refractivity contribution in [2.75, 3.05) is 20.7 Å². The van der Waals surface area contributed by atoms with Crippen molar-refractivity contribution in [2.24, 2.45) is 0 Å². The number of likely N-dealkylation sites (N-methyl/N-ethyl adjacent to an activating group) is 1. The van der Waals surface area contributed by atoms with Gasteiger partial charge in [0.2, 0.25) is 5.91 Å². The van der Waals surface area contributed by atoms with Crippen LogP contribution >= 0.6 is 12.9 Å². The molecule has 0 saturated heterocycles. The molecule has 0 aromatic heterocycles. The van der Waals surface area contributed by atoms with E-state index in [1.807, 2.05) is 0 Å². The van der Waals surface area contributed by atoms with Crippen molar-refractivity contribution in [3.63, 3.8) is 0 Å². The lowest BCUT2D eigenvalue weighted by Crippen LogP contribution is -2.24. The maximum atomic E-state index is 10.5. The summed E-state index contributed by atoms with van der Waals surface area (Å²) in [5, 5.41) is 0. The summed E-state index contributed by atoms with van der Waals surface area (Å²) in [5.41, 5.74) is 0. The molecule has 48 valence electrons. The highest BCUT2D eigenvalue weighted by Gasteiger charge is 2.00. The van der Waals surface area contributed by atoms with Crippen LogP contribution < -0.4 is 0 Å². The highest BCUT2D eigenvalue weighted by Crippen LogP contribution is 1.82. The fourth-order valence-corrected chi connectivity index (χ4v) is 0.295. The van der Waals surface area contributed by atoms with Gasteiger partial charge in [0.15, 0.2) is 0 Å². The molecule has 0 bridgehead atoms. The van der Waals surface area contributed by atoms with E-state index in [-0.39, 0.29) is 12.5 Å². The van der Waals surface area contributed by atoms with Crippen LogP contribution in [0.4, 0.5) is 0 Å². The number of amides is 1. The Labute approximate surface area is 54.2 Å². The Hall–Kier alpha value is -0.220. The standard InChI is InChI=1S/C4H9NO2S/c1-5(2)4(6)3-7-8/h8H,3H2,1-2H3. The smallest absolute Gasteiger partial charge is 0.249 e. The molecule has 0 rings (SSSR count). The zero-order chi connectivity index (χ0) is 6.57. The lowest BCUT2D eigenvalue weighted by Gasteiger charge is -2.06. The number of carbonyl (C=O) groups is 1. The van der Waals surface area contributed by atoms with Gasteiger partial charge >= 0.3 is 0 Å². The van der Waals surface area contributed by atoms with Gasteiger partial charge in [0, 0.05) is 14.1 Å². The van der Waals surface area contributed by atoms with Gasteiger partial charge in [-0.3, -0.25) is 4.79 Å². The van der Waals surface area contributed by atoms with E-state index in [1.54, 1.807) is 14.1 Å². The fourth-order valence-electron chi connectivity index (χ4n) is 0.184. The van der Waals surface area contributed by atoms with Gasteiger partial charge in [-0.25, -0.2) is 0 Å². The van der Waals surface area contributed by atoms with Crippen molar-refractivity contribution in [3.05, 3.63) is 0 Å². The van der Waals surface area contributed by atoms with Crippen LogP contribution in [0.2, 0.25) is 0 Å². The second kappa shape index (κ2) is 3.74. The zero-order valence-corrected chi connectivity index (χ0v) is 5.81. The lowest BCUT2D eigenvalue weighted by atomic mass is 10.6. The molecule has 0 fully saturated rings. The van der Waals surface area contributed by atoms with Crippen molar-refractivity contribution in [1.82, 2.24) is 4.90 Å². The molecule has 0 aliphatic rings. The summed E-state index contributed by atoms with van der Waals surface area (Å²) >= 11 is 3.41.